The van der Waals surface area contributed by atoms with Crippen LogP contribution in [0.15, 0.2) is 72.9 Å². The zero-order valence-electron chi connectivity index (χ0n) is 18.4. The van der Waals surface area contributed by atoms with Crippen LogP contribution >= 0.6 is 0 Å². The molecule has 2 amide bonds. The summed E-state index contributed by atoms with van der Waals surface area (Å²) >= 11 is 0. The predicted molar refractivity (Wildman–Crippen MR) is 125 cm³/mol. The van der Waals surface area contributed by atoms with Crippen LogP contribution in [-0.2, 0) is 6.42 Å². The Morgan fingerprint density at radius 3 is 2.50 bits per heavy atom. The van der Waals surface area contributed by atoms with Gasteiger partial charge in [0.25, 0.3) is 11.8 Å². The topological polar surface area (TPSA) is 74.3 Å². The predicted octanol–water partition coefficient (Wildman–Crippen LogP) is 4.28. The van der Waals surface area contributed by atoms with Gasteiger partial charge >= 0.3 is 0 Å². The van der Waals surface area contributed by atoms with E-state index in [1.165, 1.54) is 0 Å². The van der Waals surface area contributed by atoms with Crippen LogP contribution in [0.1, 0.15) is 52.0 Å². The summed E-state index contributed by atoms with van der Waals surface area (Å²) in [6, 6.07) is 20.8. The Morgan fingerprint density at radius 2 is 1.78 bits per heavy atom. The number of benzene rings is 2. The number of pyridine rings is 1. The Labute approximate surface area is 188 Å². The number of nitrogens with zero attached hydrogens (tertiary/aromatic N) is 2. The molecule has 1 aliphatic heterocycles. The molecule has 0 bridgehead atoms. The number of carbonyl (C=O) groups is 2. The van der Waals surface area contributed by atoms with Crippen LogP contribution in [0.3, 0.4) is 0 Å². The second kappa shape index (κ2) is 9.64. The van der Waals surface area contributed by atoms with Crippen LogP contribution in [0, 0.1) is 5.92 Å². The third-order valence-corrected chi connectivity index (χ3v) is 5.46. The number of rotatable bonds is 8. The van der Waals surface area contributed by atoms with Crippen molar-refractivity contribution >= 4 is 17.5 Å². The second-order valence-corrected chi connectivity index (χ2v) is 8.39. The van der Waals surface area contributed by atoms with Crippen molar-refractivity contribution in [1.29, 1.82) is 0 Å². The summed E-state index contributed by atoms with van der Waals surface area (Å²) in [5, 5.41) is 6.41. The lowest BCUT2D eigenvalue weighted by Gasteiger charge is -2.28. The van der Waals surface area contributed by atoms with Crippen molar-refractivity contribution in [3.05, 3.63) is 95.3 Å². The molecule has 0 fully saturated rings. The van der Waals surface area contributed by atoms with Crippen molar-refractivity contribution in [3.63, 3.8) is 0 Å². The van der Waals surface area contributed by atoms with Gasteiger partial charge in [-0.05, 0) is 48.4 Å². The second-order valence-electron chi connectivity index (χ2n) is 8.39. The highest BCUT2D eigenvalue weighted by Gasteiger charge is 2.36. The maximum absolute atomic E-state index is 12.9. The molecule has 164 valence electrons. The van der Waals surface area contributed by atoms with E-state index in [4.69, 9.17) is 0 Å². The monoisotopic (exact) mass is 428 g/mol. The highest BCUT2D eigenvalue weighted by Crippen LogP contribution is 2.34. The number of hydrogen-bond donors (Lipinski definition) is 2. The summed E-state index contributed by atoms with van der Waals surface area (Å²) in [7, 11) is 0. The molecule has 4 rings (SSSR count). The SMILES string of the molecule is CC(C)CN1C(=O)c2ccccc2C1Nc1ccc(C(=O)NCCc2ccccn2)cc1. The fourth-order valence-electron chi connectivity index (χ4n) is 3.94. The Kier molecular flexibility index (Phi) is 6.50. The lowest BCUT2D eigenvalue weighted by atomic mass is 10.1. The van der Waals surface area contributed by atoms with Crippen LogP contribution < -0.4 is 10.6 Å². The minimum atomic E-state index is -0.223. The van der Waals surface area contributed by atoms with E-state index in [9.17, 15) is 9.59 Å². The van der Waals surface area contributed by atoms with E-state index in [0.29, 0.717) is 31.0 Å². The zero-order chi connectivity index (χ0) is 22.5. The van der Waals surface area contributed by atoms with Gasteiger partial charge in [-0.25, -0.2) is 0 Å². The molecule has 32 heavy (non-hydrogen) atoms. The van der Waals surface area contributed by atoms with E-state index in [1.807, 2.05) is 59.5 Å². The van der Waals surface area contributed by atoms with Crippen molar-refractivity contribution in [1.82, 2.24) is 15.2 Å². The Bertz CT molecular complexity index is 1080. The average Bonchev–Trinajstić information content (AvgIpc) is 3.06. The molecule has 3 aromatic rings. The van der Waals surface area contributed by atoms with Gasteiger partial charge < -0.3 is 15.5 Å². The minimum absolute atomic E-state index is 0.0516. The number of amides is 2. The highest BCUT2D eigenvalue weighted by molar-refractivity contribution is 5.99. The molecule has 2 heterocycles. The van der Waals surface area contributed by atoms with Gasteiger partial charge in [-0.15, -0.1) is 0 Å². The van der Waals surface area contributed by atoms with Crippen molar-refractivity contribution in [2.75, 3.05) is 18.4 Å². The van der Waals surface area contributed by atoms with Crippen molar-refractivity contribution in [2.45, 2.75) is 26.4 Å². The molecule has 0 spiro atoms. The molecular weight excluding hydrogens is 400 g/mol. The van der Waals surface area contributed by atoms with E-state index in [2.05, 4.69) is 29.5 Å². The maximum atomic E-state index is 12.9. The van der Waals surface area contributed by atoms with Crippen molar-refractivity contribution in [2.24, 2.45) is 5.92 Å². The minimum Gasteiger partial charge on any atom is -0.361 e. The molecule has 0 radical (unpaired) electrons. The lowest BCUT2D eigenvalue weighted by Crippen LogP contribution is -2.35. The highest BCUT2D eigenvalue weighted by atomic mass is 16.2. The zero-order valence-corrected chi connectivity index (χ0v) is 18.4. The van der Waals surface area contributed by atoms with Gasteiger partial charge in [-0.2, -0.15) is 0 Å². The number of anilines is 1. The molecule has 6 heteroatoms. The molecule has 2 N–H and O–H groups in total. The summed E-state index contributed by atoms with van der Waals surface area (Å²) in [6.45, 7) is 5.41. The fourth-order valence-corrected chi connectivity index (χ4v) is 3.94. The van der Waals surface area contributed by atoms with Gasteiger partial charge in [-0.1, -0.05) is 38.1 Å². The van der Waals surface area contributed by atoms with Gasteiger partial charge in [0.2, 0.25) is 0 Å². The number of hydrogen-bond acceptors (Lipinski definition) is 4. The standard InChI is InChI=1S/C26H28N4O2/c1-18(2)17-30-24(22-8-3-4-9-23(22)26(30)32)29-21-12-10-19(11-13-21)25(31)28-16-14-20-7-5-6-15-27-20/h3-13,15,18,24,29H,14,16-17H2,1-2H3,(H,28,31). The number of aromatic nitrogens is 1. The van der Waals surface area contributed by atoms with Gasteiger partial charge in [0, 0.05) is 53.8 Å². The van der Waals surface area contributed by atoms with E-state index in [0.717, 1.165) is 22.5 Å². The Balaban J connectivity index is 1.41. The summed E-state index contributed by atoms with van der Waals surface area (Å²) < 4.78 is 0. The third kappa shape index (κ3) is 4.80. The van der Waals surface area contributed by atoms with Crippen LogP contribution in [0.25, 0.3) is 0 Å². The first-order valence-corrected chi connectivity index (χ1v) is 11.0. The first kappa shape index (κ1) is 21.6. The lowest BCUT2D eigenvalue weighted by molar-refractivity contribution is 0.0720. The molecule has 2 aromatic carbocycles. The van der Waals surface area contributed by atoms with Gasteiger partial charge in [0.15, 0.2) is 0 Å². The summed E-state index contributed by atoms with van der Waals surface area (Å²) in [5.74, 6) is 0.292. The van der Waals surface area contributed by atoms with E-state index < -0.39 is 0 Å². The van der Waals surface area contributed by atoms with Crippen LogP contribution in [0.4, 0.5) is 5.69 Å². The molecule has 1 atom stereocenters. The molecule has 1 unspecified atom stereocenters. The summed E-state index contributed by atoms with van der Waals surface area (Å²) in [5.41, 5.74) is 4.13. The summed E-state index contributed by atoms with van der Waals surface area (Å²) in [6.07, 6.45) is 2.22. The Morgan fingerprint density at radius 1 is 1.03 bits per heavy atom. The smallest absolute Gasteiger partial charge is 0.256 e. The molecule has 1 aromatic heterocycles. The Hall–Kier alpha value is -3.67. The third-order valence-electron chi connectivity index (χ3n) is 5.46. The summed E-state index contributed by atoms with van der Waals surface area (Å²) in [4.78, 5) is 31.5. The molecule has 0 saturated heterocycles. The van der Waals surface area contributed by atoms with E-state index >= 15 is 0 Å². The fraction of sp³-hybridized carbons (Fsp3) is 0.269. The average molecular weight is 429 g/mol. The molecule has 0 aliphatic carbocycles. The number of carbonyl (C=O) groups excluding carboxylic acids is 2. The normalized spacial score (nSPS) is 15.0. The maximum Gasteiger partial charge on any atom is 0.256 e. The first-order chi connectivity index (χ1) is 15.5. The first-order valence-electron chi connectivity index (χ1n) is 11.0. The number of nitrogens with one attached hydrogen (secondary N) is 2. The van der Waals surface area contributed by atoms with Crippen LogP contribution in [0.2, 0.25) is 0 Å². The van der Waals surface area contributed by atoms with Gasteiger partial charge in [-0.3, -0.25) is 14.6 Å². The molecule has 6 nitrogen and oxygen atoms in total. The van der Waals surface area contributed by atoms with Crippen molar-refractivity contribution < 1.29 is 9.59 Å². The largest absolute Gasteiger partial charge is 0.361 e. The van der Waals surface area contributed by atoms with Crippen LogP contribution in [-0.4, -0.2) is 34.8 Å². The van der Waals surface area contributed by atoms with E-state index in [1.54, 1.807) is 18.3 Å². The van der Waals surface area contributed by atoms with Gasteiger partial charge in [0.05, 0.1) is 0 Å². The van der Waals surface area contributed by atoms with Gasteiger partial charge in [0.1, 0.15) is 6.17 Å². The molecular formula is C26H28N4O2. The van der Waals surface area contributed by atoms with E-state index in [-0.39, 0.29) is 18.0 Å². The molecule has 0 saturated carbocycles. The van der Waals surface area contributed by atoms with Crippen molar-refractivity contribution in [3.8, 4) is 0 Å². The van der Waals surface area contributed by atoms with Crippen LogP contribution in [0.5, 0.6) is 0 Å². The molecule has 1 aliphatic rings. The quantitative estimate of drug-likeness (QED) is 0.562. The number of fused-ring (bicyclic) bond motifs is 1.